The maximum atomic E-state index is 12.0. The van der Waals surface area contributed by atoms with E-state index in [1.165, 1.54) is 6.33 Å². The van der Waals surface area contributed by atoms with Gasteiger partial charge in [0.1, 0.15) is 11.2 Å². The zero-order valence-electron chi connectivity index (χ0n) is 12.3. The third-order valence-electron chi connectivity index (χ3n) is 3.36. The lowest BCUT2D eigenvalue weighted by Crippen LogP contribution is -2.22. The number of nitrogens with zero attached hydrogens (tertiary/aromatic N) is 3. The van der Waals surface area contributed by atoms with Crippen LogP contribution in [-0.2, 0) is 0 Å². The molecule has 1 unspecified atom stereocenters. The van der Waals surface area contributed by atoms with E-state index in [0.29, 0.717) is 16.9 Å². The molecule has 21 heavy (non-hydrogen) atoms. The van der Waals surface area contributed by atoms with Crippen molar-refractivity contribution in [1.82, 2.24) is 19.9 Å². The van der Waals surface area contributed by atoms with Gasteiger partial charge in [-0.3, -0.25) is 4.79 Å². The van der Waals surface area contributed by atoms with Gasteiger partial charge in [0.15, 0.2) is 5.65 Å². The van der Waals surface area contributed by atoms with Crippen molar-refractivity contribution in [3.8, 4) is 0 Å². The molecule has 0 fully saturated rings. The summed E-state index contributed by atoms with van der Waals surface area (Å²) in [6.45, 7) is 4.30. The number of fused-ring (bicyclic) bond motifs is 1. The van der Waals surface area contributed by atoms with Gasteiger partial charge in [0, 0.05) is 6.04 Å². The summed E-state index contributed by atoms with van der Waals surface area (Å²) < 4.78 is 0. The Bertz CT molecular complexity index is 657. The highest BCUT2D eigenvalue weighted by Crippen LogP contribution is 2.20. The number of hydrogen-bond donors (Lipinski definition) is 2. The van der Waals surface area contributed by atoms with Crippen molar-refractivity contribution in [2.45, 2.75) is 52.0 Å². The molecule has 7 heteroatoms. The number of hydrogen-bond acceptors (Lipinski definition) is 5. The molecule has 2 N–H and O–H groups in total. The summed E-state index contributed by atoms with van der Waals surface area (Å²) in [5.41, 5.74) is 0.0527. The van der Waals surface area contributed by atoms with E-state index < -0.39 is 0 Å². The number of H-pyrrole nitrogens is 1. The fourth-order valence-electron chi connectivity index (χ4n) is 2.33. The zero-order valence-corrected chi connectivity index (χ0v) is 13.1. The first-order valence-corrected chi connectivity index (χ1v) is 7.71. The van der Waals surface area contributed by atoms with E-state index in [0.717, 1.165) is 32.1 Å². The topological polar surface area (TPSA) is 83.6 Å². The first-order valence-electron chi connectivity index (χ1n) is 7.33. The van der Waals surface area contributed by atoms with Gasteiger partial charge in [-0.1, -0.05) is 33.1 Å². The lowest BCUT2D eigenvalue weighted by Gasteiger charge is -2.19. The molecule has 0 saturated carbocycles. The quantitative estimate of drug-likeness (QED) is 0.768. The van der Waals surface area contributed by atoms with E-state index in [-0.39, 0.29) is 16.9 Å². The van der Waals surface area contributed by atoms with Crippen molar-refractivity contribution in [3.63, 3.8) is 0 Å². The van der Waals surface area contributed by atoms with Gasteiger partial charge in [-0.15, -0.1) is 0 Å². The van der Waals surface area contributed by atoms with Crippen molar-refractivity contribution in [2.24, 2.45) is 0 Å². The second-order valence-electron chi connectivity index (χ2n) is 5.04. The number of anilines is 1. The van der Waals surface area contributed by atoms with Crippen LogP contribution in [0.15, 0.2) is 11.1 Å². The minimum absolute atomic E-state index is 0.0915. The predicted molar refractivity (Wildman–Crippen MR) is 84.8 cm³/mol. The summed E-state index contributed by atoms with van der Waals surface area (Å²) in [4.78, 5) is 26.8. The molecular weight excluding hydrogens is 290 g/mol. The van der Waals surface area contributed by atoms with Crippen LogP contribution in [0, 0.1) is 0 Å². The second kappa shape index (κ2) is 7.36. The van der Waals surface area contributed by atoms with Crippen LogP contribution in [-0.4, -0.2) is 26.0 Å². The van der Waals surface area contributed by atoms with Gasteiger partial charge < -0.3 is 10.3 Å². The Kier molecular flexibility index (Phi) is 5.50. The van der Waals surface area contributed by atoms with Crippen LogP contribution in [0.3, 0.4) is 0 Å². The molecule has 0 radical (unpaired) electrons. The highest BCUT2D eigenvalue weighted by molar-refractivity contribution is 6.28. The average molecular weight is 310 g/mol. The summed E-state index contributed by atoms with van der Waals surface area (Å²) in [6, 6.07) is 0.267. The number of halogens is 1. The molecule has 0 aliphatic heterocycles. The summed E-state index contributed by atoms with van der Waals surface area (Å²) in [7, 11) is 0. The molecule has 0 saturated heterocycles. The number of unbranched alkanes of at least 4 members (excludes halogenated alkanes) is 1. The van der Waals surface area contributed by atoms with Crippen molar-refractivity contribution in [1.29, 1.82) is 0 Å². The van der Waals surface area contributed by atoms with E-state index in [1.807, 2.05) is 0 Å². The van der Waals surface area contributed by atoms with E-state index in [4.69, 9.17) is 11.6 Å². The molecule has 1 atom stereocenters. The Morgan fingerprint density at radius 3 is 2.81 bits per heavy atom. The number of nitrogens with one attached hydrogen (secondary N) is 2. The monoisotopic (exact) mass is 309 g/mol. The normalized spacial score (nSPS) is 12.5. The van der Waals surface area contributed by atoms with Crippen LogP contribution in [0.2, 0.25) is 5.28 Å². The molecule has 6 nitrogen and oxygen atoms in total. The maximum absolute atomic E-state index is 12.0. The van der Waals surface area contributed by atoms with Crippen molar-refractivity contribution < 1.29 is 0 Å². The predicted octanol–water partition coefficient (Wildman–Crippen LogP) is 3.14. The Labute approximate surface area is 128 Å². The Morgan fingerprint density at radius 1 is 1.29 bits per heavy atom. The van der Waals surface area contributed by atoms with E-state index >= 15 is 0 Å². The molecule has 0 aliphatic rings. The first kappa shape index (κ1) is 15.7. The number of rotatable bonds is 7. The van der Waals surface area contributed by atoms with Crippen LogP contribution in [0.25, 0.3) is 11.0 Å². The largest absolute Gasteiger partial charge is 0.366 e. The van der Waals surface area contributed by atoms with E-state index in [1.54, 1.807) is 0 Å². The van der Waals surface area contributed by atoms with Crippen LogP contribution in [0.4, 0.5) is 5.82 Å². The summed E-state index contributed by atoms with van der Waals surface area (Å²) in [6.07, 6.45) is 6.69. The van der Waals surface area contributed by atoms with Crippen molar-refractivity contribution >= 4 is 28.5 Å². The lowest BCUT2D eigenvalue weighted by molar-refractivity contribution is 0.563. The fourth-order valence-corrected chi connectivity index (χ4v) is 2.50. The highest BCUT2D eigenvalue weighted by atomic mass is 35.5. The van der Waals surface area contributed by atoms with Gasteiger partial charge >= 0.3 is 0 Å². The summed E-state index contributed by atoms with van der Waals surface area (Å²) in [5.74, 6) is 0.467. The van der Waals surface area contributed by atoms with Gasteiger partial charge in [-0.2, -0.15) is 9.97 Å². The fraction of sp³-hybridized carbons (Fsp3) is 0.571. The van der Waals surface area contributed by atoms with Gasteiger partial charge in [0.2, 0.25) is 5.28 Å². The molecule has 114 valence electrons. The molecule has 2 rings (SSSR count). The van der Waals surface area contributed by atoms with Gasteiger partial charge in [-0.25, -0.2) is 4.98 Å². The Morgan fingerprint density at radius 2 is 2.10 bits per heavy atom. The van der Waals surface area contributed by atoms with Crippen LogP contribution in [0.5, 0.6) is 0 Å². The SMILES string of the molecule is CCCCC(CCC)Nc1nc(Cl)nc2nc[nH]c(=O)c12. The highest BCUT2D eigenvalue weighted by Gasteiger charge is 2.15. The minimum atomic E-state index is -0.259. The van der Waals surface area contributed by atoms with E-state index in [9.17, 15) is 4.79 Å². The second-order valence-corrected chi connectivity index (χ2v) is 5.38. The molecule has 0 aromatic carbocycles. The van der Waals surface area contributed by atoms with Crippen LogP contribution in [0.1, 0.15) is 46.0 Å². The molecule has 2 aromatic heterocycles. The Hall–Kier alpha value is -1.69. The van der Waals surface area contributed by atoms with Gasteiger partial charge in [0.05, 0.1) is 6.33 Å². The first-order chi connectivity index (χ1) is 10.2. The Balaban J connectivity index is 2.37. The molecule has 0 bridgehead atoms. The molecule has 2 aromatic rings. The van der Waals surface area contributed by atoms with Crippen LogP contribution < -0.4 is 10.9 Å². The van der Waals surface area contributed by atoms with Crippen molar-refractivity contribution in [2.75, 3.05) is 5.32 Å². The third-order valence-corrected chi connectivity index (χ3v) is 3.53. The summed E-state index contributed by atoms with van der Waals surface area (Å²) >= 11 is 5.93. The smallest absolute Gasteiger partial charge is 0.263 e. The van der Waals surface area contributed by atoms with Crippen molar-refractivity contribution in [3.05, 3.63) is 22.0 Å². The number of aromatic nitrogens is 4. The molecule has 2 heterocycles. The number of aromatic amines is 1. The standard InChI is InChI=1S/C14H20ClN5O/c1-3-5-7-9(6-4-2)18-12-10-11(19-14(15)20-12)16-8-17-13(10)21/h8-9H,3-7H2,1-2H3,(H2,16,17,18,19,20,21). The molecule has 0 amide bonds. The minimum Gasteiger partial charge on any atom is -0.366 e. The lowest BCUT2D eigenvalue weighted by atomic mass is 10.1. The molecular formula is C14H20ClN5O. The molecule has 0 spiro atoms. The molecule has 0 aliphatic carbocycles. The zero-order chi connectivity index (χ0) is 15.2. The maximum Gasteiger partial charge on any atom is 0.263 e. The average Bonchev–Trinajstić information content (AvgIpc) is 2.44. The van der Waals surface area contributed by atoms with Gasteiger partial charge in [0.25, 0.3) is 5.56 Å². The van der Waals surface area contributed by atoms with E-state index in [2.05, 4.69) is 39.1 Å². The van der Waals surface area contributed by atoms with Gasteiger partial charge in [-0.05, 0) is 24.4 Å². The summed E-state index contributed by atoms with van der Waals surface area (Å²) in [5, 5.41) is 3.80. The third kappa shape index (κ3) is 3.91. The van der Waals surface area contributed by atoms with Crippen LogP contribution >= 0.6 is 11.6 Å².